The number of rotatable bonds is 8. The molecule has 1 heterocycles. The second kappa shape index (κ2) is 8.82. The van der Waals surface area contributed by atoms with Gasteiger partial charge in [-0.15, -0.1) is 0 Å². The molecule has 0 saturated heterocycles. The van der Waals surface area contributed by atoms with E-state index in [0.717, 1.165) is 5.56 Å². The first-order valence-electron chi connectivity index (χ1n) is 9.77. The van der Waals surface area contributed by atoms with E-state index in [0.29, 0.717) is 30.4 Å². The largest absolute Gasteiger partial charge is 0.503 e. The van der Waals surface area contributed by atoms with Crippen LogP contribution in [-0.4, -0.2) is 30.0 Å². The van der Waals surface area contributed by atoms with Crippen molar-refractivity contribution < 1.29 is 24.2 Å². The van der Waals surface area contributed by atoms with E-state index in [9.17, 15) is 14.7 Å². The Hall–Kier alpha value is -3.28. The summed E-state index contributed by atoms with van der Waals surface area (Å²) >= 11 is 0. The van der Waals surface area contributed by atoms with Crippen LogP contribution in [0.25, 0.3) is 0 Å². The molecule has 1 aliphatic heterocycles. The molecule has 3 rings (SSSR count). The first-order chi connectivity index (χ1) is 14.0. The number of aliphatic hydroxyl groups is 1. The van der Waals surface area contributed by atoms with Gasteiger partial charge in [-0.1, -0.05) is 19.1 Å². The summed E-state index contributed by atoms with van der Waals surface area (Å²) in [6.45, 7) is 6.58. The van der Waals surface area contributed by atoms with E-state index >= 15 is 0 Å². The molecule has 152 valence electrons. The molecular formula is C23H25NO5. The number of Topliss-reactive ketones (excluding diaryl/α,β-unsaturated/α-hetero) is 1. The molecule has 0 aliphatic carbocycles. The van der Waals surface area contributed by atoms with Gasteiger partial charge in [-0.05, 0) is 55.8 Å². The Morgan fingerprint density at radius 2 is 1.45 bits per heavy atom. The summed E-state index contributed by atoms with van der Waals surface area (Å²) < 4.78 is 11.0. The highest BCUT2D eigenvalue weighted by Crippen LogP contribution is 2.42. The number of benzene rings is 2. The van der Waals surface area contributed by atoms with Gasteiger partial charge >= 0.3 is 0 Å². The molecule has 1 unspecified atom stereocenters. The van der Waals surface area contributed by atoms with Gasteiger partial charge in [-0.25, -0.2) is 0 Å². The second-order valence-corrected chi connectivity index (χ2v) is 6.55. The van der Waals surface area contributed by atoms with Crippen LogP contribution in [0.5, 0.6) is 11.5 Å². The third kappa shape index (κ3) is 3.97. The van der Waals surface area contributed by atoms with Crippen LogP contribution in [0, 0.1) is 0 Å². The van der Waals surface area contributed by atoms with Crippen molar-refractivity contribution in [2.24, 2.45) is 0 Å². The number of ether oxygens (including phenoxy) is 2. The van der Waals surface area contributed by atoms with Crippen LogP contribution in [0.4, 0.5) is 5.69 Å². The van der Waals surface area contributed by atoms with E-state index < -0.39 is 17.7 Å². The van der Waals surface area contributed by atoms with Gasteiger partial charge in [0.1, 0.15) is 11.5 Å². The molecular weight excluding hydrogens is 370 g/mol. The number of amides is 1. The summed E-state index contributed by atoms with van der Waals surface area (Å²) in [5.74, 6) is 0.0324. The van der Waals surface area contributed by atoms with E-state index in [1.54, 1.807) is 43.3 Å². The smallest absolute Gasteiger partial charge is 0.294 e. The Labute approximate surface area is 170 Å². The monoisotopic (exact) mass is 395 g/mol. The minimum atomic E-state index is -0.705. The topological polar surface area (TPSA) is 76.1 Å². The van der Waals surface area contributed by atoms with Gasteiger partial charge < -0.3 is 14.6 Å². The fourth-order valence-corrected chi connectivity index (χ4v) is 3.44. The van der Waals surface area contributed by atoms with E-state index in [-0.39, 0.29) is 17.8 Å². The summed E-state index contributed by atoms with van der Waals surface area (Å²) in [5.41, 5.74) is 1.41. The van der Waals surface area contributed by atoms with Crippen LogP contribution in [0.2, 0.25) is 0 Å². The van der Waals surface area contributed by atoms with E-state index in [2.05, 4.69) is 0 Å². The summed E-state index contributed by atoms with van der Waals surface area (Å²) in [7, 11) is 0. The zero-order chi connectivity index (χ0) is 21.0. The highest BCUT2D eigenvalue weighted by Gasteiger charge is 2.43. The lowest BCUT2D eigenvalue weighted by Crippen LogP contribution is -2.30. The number of aliphatic hydroxyl groups excluding tert-OH is 1. The molecule has 6 nitrogen and oxygen atoms in total. The number of carbonyl (C=O) groups is 2. The molecule has 1 atom stereocenters. The molecule has 1 N–H and O–H groups in total. The van der Waals surface area contributed by atoms with Crippen LogP contribution in [-0.2, 0) is 9.59 Å². The molecule has 1 amide bonds. The normalized spacial score (nSPS) is 16.3. The Morgan fingerprint density at radius 3 is 1.93 bits per heavy atom. The lowest BCUT2D eigenvalue weighted by atomic mass is 9.95. The second-order valence-electron chi connectivity index (χ2n) is 6.55. The SMILES string of the molecule is CCOc1ccc(C2C(C(=O)CC)=C(O)C(=O)N2c2ccc(OCC)cc2)cc1. The minimum Gasteiger partial charge on any atom is -0.503 e. The van der Waals surface area contributed by atoms with Gasteiger partial charge in [-0.3, -0.25) is 14.5 Å². The molecule has 6 heteroatoms. The molecule has 0 spiro atoms. The molecule has 0 fully saturated rings. The summed E-state index contributed by atoms with van der Waals surface area (Å²) in [6.07, 6.45) is 0.192. The summed E-state index contributed by atoms with van der Waals surface area (Å²) in [5, 5.41) is 10.5. The highest BCUT2D eigenvalue weighted by molar-refractivity contribution is 6.16. The van der Waals surface area contributed by atoms with Crippen molar-refractivity contribution in [2.45, 2.75) is 33.2 Å². The van der Waals surface area contributed by atoms with Crippen molar-refractivity contribution in [3.63, 3.8) is 0 Å². The summed E-state index contributed by atoms with van der Waals surface area (Å²) in [6, 6.07) is 13.5. The lowest BCUT2D eigenvalue weighted by molar-refractivity contribution is -0.118. The third-order valence-corrected chi connectivity index (χ3v) is 4.76. The Balaban J connectivity index is 2.06. The molecule has 0 aromatic heterocycles. The molecule has 2 aromatic rings. The quantitative estimate of drug-likeness (QED) is 0.719. The number of carbonyl (C=O) groups excluding carboxylic acids is 2. The number of anilines is 1. The predicted molar refractivity (Wildman–Crippen MR) is 110 cm³/mol. The van der Waals surface area contributed by atoms with Gasteiger partial charge in [0.15, 0.2) is 11.5 Å². The van der Waals surface area contributed by atoms with Gasteiger partial charge in [0, 0.05) is 12.1 Å². The Bertz CT molecular complexity index is 915. The zero-order valence-electron chi connectivity index (χ0n) is 16.8. The minimum absolute atomic E-state index is 0.121. The molecule has 1 aliphatic rings. The fourth-order valence-electron chi connectivity index (χ4n) is 3.44. The van der Waals surface area contributed by atoms with Crippen LogP contribution < -0.4 is 14.4 Å². The standard InChI is InChI=1S/C23H25NO5/c1-4-19(25)20-21(15-7-11-17(12-8-15)28-5-2)24(23(27)22(20)26)16-9-13-18(14-10-16)29-6-3/h7-14,21,26H,4-6H2,1-3H3. The van der Waals surface area contributed by atoms with Gasteiger partial charge in [0.25, 0.3) is 5.91 Å². The molecule has 0 radical (unpaired) electrons. The fraction of sp³-hybridized carbons (Fsp3) is 0.304. The molecule has 29 heavy (non-hydrogen) atoms. The Morgan fingerprint density at radius 1 is 0.931 bits per heavy atom. The van der Waals surface area contributed by atoms with Crippen molar-refractivity contribution >= 4 is 17.4 Å². The maximum atomic E-state index is 12.9. The van der Waals surface area contributed by atoms with E-state index in [1.807, 2.05) is 26.0 Å². The third-order valence-electron chi connectivity index (χ3n) is 4.76. The average molecular weight is 395 g/mol. The van der Waals surface area contributed by atoms with Crippen molar-refractivity contribution in [3.05, 3.63) is 65.4 Å². The van der Waals surface area contributed by atoms with E-state index in [4.69, 9.17) is 9.47 Å². The maximum Gasteiger partial charge on any atom is 0.294 e. The number of hydrogen-bond donors (Lipinski definition) is 1. The van der Waals surface area contributed by atoms with Crippen LogP contribution >= 0.6 is 0 Å². The molecule has 0 saturated carbocycles. The van der Waals surface area contributed by atoms with E-state index in [1.165, 1.54) is 4.90 Å². The van der Waals surface area contributed by atoms with Gasteiger partial charge in [-0.2, -0.15) is 0 Å². The van der Waals surface area contributed by atoms with Crippen molar-refractivity contribution in [2.75, 3.05) is 18.1 Å². The van der Waals surface area contributed by atoms with Crippen molar-refractivity contribution in [1.82, 2.24) is 0 Å². The predicted octanol–water partition coefficient (Wildman–Crippen LogP) is 4.36. The maximum absolute atomic E-state index is 12.9. The lowest BCUT2D eigenvalue weighted by Gasteiger charge is -2.27. The zero-order valence-corrected chi connectivity index (χ0v) is 16.8. The average Bonchev–Trinajstić information content (AvgIpc) is 3.00. The molecule has 2 aromatic carbocycles. The number of hydrogen-bond acceptors (Lipinski definition) is 5. The molecule has 0 bridgehead atoms. The van der Waals surface area contributed by atoms with Crippen LogP contribution in [0.1, 0.15) is 38.8 Å². The van der Waals surface area contributed by atoms with Gasteiger partial charge in [0.2, 0.25) is 0 Å². The Kier molecular flexibility index (Phi) is 6.22. The van der Waals surface area contributed by atoms with Gasteiger partial charge in [0.05, 0.1) is 24.8 Å². The first kappa shape index (κ1) is 20.5. The van der Waals surface area contributed by atoms with Crippen LogP contribution in [0.15, 0.2) is 59.9 Å². The number of ketones is 1. The van der Waals surface area contributed by atoms with Crippen molar-refractivity contribution in [1.29, 1.82) is 0 Å². The van der Waals surface area contributed by atoms with Crippen molar-refractivity contribution in [3.8, 4) is 11.5 Å². The number of nitrogens with zero attached hydrogens (tertiary/aromatic N) is 1. The summed E-state index contributed by atoms with van der Waals surface area (Å²) in [4.78, 5) is 27.0. The highest BCUT2D eigenvalue weighted by atomic mass is 16.5. The first-order valence-corrected chi connectivity index (χ1v) is 9.77. The van der Waals surface area contributed by atoms with Crippen LogP contribution in [0.3, 0.4) is 0 Å².